The average Bonchev–Trinajstić information content (AvgIpc) is 2.68. The van der Waals surface area contributed by atoms with Gasteiger partial charge in [-0.3, -0.25) is 9.59 Å². The molecular weight excluding hydrogens is 270 g/mol. The van der Waals surface area contributed by atoms with Crippen molar-refractivity contribution in [1.82, 2.24) is 5.32 Å². The first kappa shape index (κ1) is 14.3. The number of hydrogen-bond acceptors (Lipinski definition) is 4. The molecule has 3 atom stereocenters. The van der Waals surface area contributed by atoms with Crippen LogP contribution in [0.15, 0.2) is 0 Å². The molecule has 6 nitrogen and oxygen atoms in total. The number of carboxylic acids is 1. The second-order valence-electron chi connectivity index (χ2n) is 5.51. The number of nitrogens with one attached hydrogen (secondary N) is 1. The summed E-state index contributed by atoms with van der Waals surface area (Å²) < 4.78 is 22.6. The summed E-state index contributed by atoms with van der Waals surface area (Å²) in [5, 5.41) is 11.7. The van der Waals surface area contributed by atoms with Gasteiger partial charge in [0.25, 0.3) is 0 Å². The van der Waals surface area contributed by atoms with Crippen LogP contribution in [-0.4, -0.2) is 42.9 Å². The minimum Gasteiger partial charge on any atom is -0.481 e. The van der Waals surface area contributed by atoms with E-state index < -0.39 is 21.7 Å². The van der Waals surface area contributed by atoms with Crippen LogP contribution in [0.2, 0.25) is 0 Å². The molecule has 0 aromatic rings. The van der Waals surface area contributed by atoms with Crippen LogP contribution >= 0.6 is 0 Å². The number of carboxylic acid groups (broad SMARTS) is 1. The lowest BCUT2D eigenvalue weighted by molar-refractivity contribution is -0.144. The molecule has 1 aliphatic carbocycles. The Kier molecular flexibility index (Phi) is 4.13. The monoisotopic (exact) mass is 289 g/mol. The van der Waals surface area contributed by atoms with Crippen molar-refractivity contribution in [2.45, 2.75) is 38.1 Å². The Hall–Kier alpha value is -1.11. The van der Waals surface area contributed by atoms with Crippen molar-refractivity contribution in [2.24, 2.45) is 11.8 Å². The van der Waals surface area contributed by atoms with E-state index in [0.29, 0.717) is 25.7 Å². The highest BCUT2D eigenvalue weighted by molar-refractivity contribution is 7.91. The Balaban J connectivity index is 1.88. The zero-order valence-electron chi connectivity index (χ0n) is 10.7. The van der Waals surface area contributed by atoms with Gasteiger partial charge in [-0.25, -0.2) is 8.42 Å². The molecule has 1 amide bonds. The molecule has 2 aliphatic rings. The predicted molar refractivity (Wildman–Crippen MR) is 68.3 cm³/mol. The molecule has 2 N–H and O–H groups in total. The van der Waals surface area contributed by atoms with E-state index in [4.69, 9.17) is 5.11 Å². The van der Waals surface area contributed by atoms with Gasteiger partial charge in [-0.2, -0.15) is 0 Å². The summed E-state index contributed by atoms with van der Waals surface area (Å²) in [6.45, 7) is 0. The van der Waals surface area contributed by atoms with Gasteiger partial charge in [0.1, 0.15) is 0 Å². The molecule has 2 fully saturated rings. The second kappa shape index (κ2) is 5.48. The Labute approximate surface area is 112 Å². The van der Waals surface area contributed by atoms with E-state index in [9.17, 15) is 18.0 Å². The summed E-state index contributed by atoms with van der Waals surface area (Å²) in [5.41, 5.74) is 0. The SMILES string of the molecule is O=C(O)C1CCCC(C(=O)NC2CCS(=O)(=O)C2)C1. The van der Waals surface area contributed by atoms with Crippen molar-refractivity contribution in [2.75, 3.05) is 11.5 Å². The normalized spacial score (nSPS) is 33.8. The van der Waals surface area contributed by atoms with E-state index in [1.165, 1.54) is 0 Å². The van der Waals surface area contributed by atoms with Gasteiger partial charge < -0.3 is 10.4 Å². The van der Waals surface area contributed by atoms with Crippen molar-refractivity contribution in [3.05, 3.63) is 0 Å². The lowest BCUT2D eigenvalue weighted by Gasteiger charge is -2.26. The summed E-state index contributed by atoms with van der Waals surface area (Å²) in [6, 6.07) is -0.303. The molecular formula is C12H19NO5S. The maximum absolute atomic E-state index is 12.0. The summed E-state index contributed by atoms with van der Waals surface area (Å²) >= 11 is 0. The highest BCUT2D eigenvalue weighted by Crippen LogP contribution is 2.29. The number of sulfone groups is 1. The third kappa shape index (κ3) is 3.68. The van der Waals surface area contributed by atoms with Crippen LogP contribution in [-0.2, 0) is 19.4 Å². The fourth-order valence-corrected chi connectivity index (χ4v) is 4.55. The summed E-state index contributed by atoms with van der Waals surface area (Å²) in [4.78, 5) is 23.0. The molecule has 3 unspecified atom stereocenters. The lowest BCUT2D eigenvalue weighted by Crippen LogP contribution is -2.41. The molecule has 0 radical (unpaired) electrons. The highest BCUT2D eigenvalue weighted by Gasteiger charge is 2.34. The Morgan fingerprint density at radius 2 is 1.79 bits per heavy atom. The molecule has 1 saturated carbocycles. The molecule has 0 aromatic heterocycles. The first-order valence-corrected chi connectivity index (χ1v) is 8.43. The Bertz CT molecular complexity index is 473. The highest BCUT2D eigenvalue weighted by atomic mass is 32.2. The fraction of sp³-hybridized carbons (Fsp3) is 0.833. The molecule has 0 spiro atoms. The number of amides is 1. The zero-order valence-corrected chi connectivity index (χ0v) is 11.5. The van der Waals surface area contributed by atoms with Gasteiger partial charge in [-0.05, 0) is 25.7 Å². The van der Waals surface area contributed by atoms with Gasteiger partial charge in [0, 0.05) is 12.0 Å². The topological polar surface area (TPSA) is 101 Å². The average molecular weight is 289 g/mol. The largest absolute Gasteiger partial charge is 0.481 e. The van der Waals surface area contributed by atoms with Gasteiger partial charge in [-0.15, -0.1) is 0 Å². The Morgan fingerprint density at radius 1 is 1.11 bits per heavy atom. The molecule has 0 aromatic carbocycles. The second-order valence-corrected chi connectivity index (χ2v) is 7.74. The minimum atomic E-state index is -3.00. The summed E-state index contributed by atoms with van der Waals surface area (Å²) in [5.74, 6) is -1.64. The number of carbonyl (C=O) groups is 2. The van der Waals surface area contributed by atoms with E-state index in [1.807, 2.05) is 0 Å². The summed E-state index contributed by atoms with van der Waals surface area (Å²) in [7, 11) is -3.00. The fourth-order valence-electron chi connectivity index (χ4n) is 2.88. The Morgan fingerprint density at radius 3 is 2.37 bits per heavy atom. The molecule has 0 bridgehead atoms. The molecule has 7 heteroatoms. The van der Waals surface area contributed by atoms with Crippen LogP contribution in [0.5, 0.6) is 0 Å². The van der Waals surface area contributed by atoms with Gasteiger partial charge in [0.05, 0.1) is 17.4 Å². The maximum atomic E-state index is 12.0. The van der Waals surface area contributed by atoms with Crippen LogP contribution in [0.25, 0.3) is 0 Å². The van der Waals surface area contributed by atoms with E-state index >= 15 is 0 Å². The molecule has 1 aliphatic heterocycles. The van der Waals surface area contributed by atoms with E-state index in [-0.39, 0.29) is 29.4 Å². The van der Waals surface area contributed by atoms with Crippen LogP contribution in [0.3, 0.4) is 0 Å². The van der Waals surface area contributed by atoms with Gasteiger partial charge >= 0.3 is 5.97 Å². The third-order valence-electron chi connectivity index (χ3n) is 3.97. The first-order valence-electron chi connectivity index (χ1n) is 6.61. The van der Waals surface area contributed by atoms with Gasteiger partial charge in [0.15, 0.2) is 9.84 Å². The molecule has 108 valence electrons. The zero-order chi connectivity index (χ0) is 14.0. The molecule has 2 rings (SSSR count). The number of rotatable bonds is 3. The minimum absolute atomic E-state index is 0.00776. The number of hydrogen-bond donors (Lipinski definition) is 2. The molecule has 1 saturated heterocycles. The summed E-state index contributed by atoms with van der Waals surface area (Å²) in [6.07, 6.45) is 2.87. The van der Waals surface area contributed by atoms with Crippen molar-refractivity contribution in [3.8, 4) is 0 Å². The maximum Gasteiger partial charge on any atom is 0.306 e. The smallest absolute Gasteiger partial charge is 0.306 e. The predicted octanol–water partition coefficient (Wildman–Crippen LogP) is 0.181. The van der Waals surface area contributed by atoms with Gasteiger partial charge in [-0.1, -0.05) is 6.42 Å². The van der Waals surface area contributed by atoms with Crippen LogP contribution < -0.4 is 5.32 Å². The van der Waals surface area contributed by atoms with E-state index in [2.05, 4.69) is 5.32 Å². The van der Waals surface area contributed by atoms with E-state index in [0.717, 1.165) is 6.42 Å². The van der Waals surface area contributed by atoms with Crippen LogP contribution in [0.1, 0.15) is 32.1 Å². The van der Waals surface area contributed by atoms with Gasteiger partial charge in [0.2, 0.25) is 5.91 Å². The standard InChI is InChI=1S/C12H19NO5S/c14-11(13-10-4-5-19(17,18)7-10)8-2-1-3-9(6-8)12(15)16/h8-10H,1-7H2,(H,13,14)(H,15,16). The molecule has 19 heavy (non-hydrogen) atoms. The van der Waals surface area contributed by atoms with Crippen molar-refractivity contribution in [3.63, 3.8) is 0 Å². The lowest BCUT2D eigenvalue weighted by atomic mass is 9.81. The van der Waals surface area contributed by atoms with Crippen LogP contribution in [0.4, 0.5) is 0 Å². The first-order chi connectivity index (χ1) is 8.87. The van der Waals surface area contributed by atoms with Crippen molar-refractivity contribution in [1.29, 1.82) is 0 Å². The molecule has 1 heterocycles. The number of aliphatic carboxylic acids is 1. The third-order valence-corrected chi connectivity index (χ3v) is 5.74. The van der Waals surface area contributed by atoms with Crippen LogP contribution in [0, 0.1) is 11.8 Å². The van der Waals surface area contributed by atoms with Crippen molar-refractivity contribution < 1.29 is 23.1 Å². The quantitative estimate of drug-likeness (QED) is 0.772. The van der Waals surface area contributed by atoms with E-state index in [1.54, 1.807) is 0 Å². The van der Waals surface area contributed by atoms with Crippen molar-refractivity contribution >= 4 is 21.7 Å². The number of carbonyl (C=O) groups excluding carboxylic acids is 1.